The Bertz CT molecular complexity index is 547. The predicted octanol–water partition coefficient (Wildman–Crippen LogP) is 3.15. The molecule has 1 aromatic carbocycles. The van der Waals surface area contributed by atoms with Gasteiger partial charge in [0.05, 0.1) is 11.4 Å². The topological polar surface area (TPSA) is 37.8 Å². The van der Waals surface area contributed by atoms with Crippen molar-refractivity contribution in [2.75, 3.05) is 5.33 Å². The van der Waals surface area contributed by atoms with Gasteiger partial charge in [0, 0.05) is 5.33 Å². The molecule has 0 amide bonds. The Morgan fingerprint density at radius 3 is 2.65 bits per heavy atom. The molecule has 3 nitrogen and oxygen atoms in total. The minimum Gasteiger partial charge on any atom is -0.293 e. The van der Waals surface area contributed by atoms with Gasteiger partial charge in [-0.3, -0.25) is 9.89 Å². The van der Waals surface area contributed by atoms with E-state index < -0.39 is 0 Å². The van der Waals surface area contributed by atoms with Crippen LogP contribution in [0.1, 0.15) is 12.1 Å². The van der Waals surface area contributed by atoms with Crippen molar-refractivity contribution in [1.82, 2.24) is 9.78 Å². The van der Waals surface area contributed by atoms with E-state index in [1.165, 1.54) is 4.68 Å². The van der Waals surface area contributed by atoms with E-state index in [-0.39, 0.29) is 10.6 Å². The fourth-order valence-electron chi connectivity index (χ4n) is 1.63. The lowest BCUT2D eigenvalue weighted by molar-refractivity contribution is 0.797. The summed E-state index contributed by atoms with van der Waals surface area (Å²) < 4.78 is 1.48. The first kappa shape index (κ1) is 12.5. The van der Waals surface area contributed by atoms with Crippen molar-refractivity contribution in [2.45, 2.75) is 12.8 Å². The largest absolute Gasteiger partial charge is 0.293 e. The number of hydrogen-bond acceptors (Lipinski definition) is 1. The van der Waals surface area contributed by atoms with Crippen molar-refractivity contribution < 1.29 is 0 Å². The van der Waals surface area contributed by atoms with Crippen LogP contribution in [0, 0.1) is 0 Å². The van der Waals surface area contributed by atoms with Gasteiger partial charge in [0.1, 0.15) is 5.02 Å². The highest BCUT2D eigenvalue weighted by atomic mass is 79.9. The fraction of sp³-hybridized carbons (Fsp3) is 0.250. The van der Waals surface area contributed by atoms with Gasteiger partial charge in [0.15, 0.2) is 0 Å². The molecule has 0 fully saturated rings. The van der Waals surface area contributed by atoms with E-state index in [4.69, 9.17) is 11.6 Å². The molecule has 0 unspecified atom stereocenters. The molecule has 1 N–H and O–H groups in total. The lowest BCUT2D eigenvalue weighted by Crippen LogP contribution is -2.14. The van der Waals surface area contributed by atoms with Gasteiger partial charge in [-0.15, -0.1) is 0 Å². The summed E-state index contributed by atoms with van der Waals surface area (Å²) in [7, 11) is 0. The molecular weight excluding hydrogens is 304 g/mol. The Morgan fingerprint density at radius 1 is 1.29 bits per heavy atom. The van der Waals surface area contributed by atoms with Crippen LogP contribution in [0.5, 0.6) is 0 Å². The lowest BCUT2D eigenvalue weighted by Gasteiger charge is -2.00. The Morgan fingerprint density at radius 2 is 2.00 bits per heavy atom. The summed E-state index contributed by atoms with van der Waals surface area (Å²) >= 11 is 9.38. The maximum atomic E-state index is 11.9. The Balaban J connectivity index is 2.40. The average molecular weight is 316 g/mol. The molecule has 0 aliphatic carbocycles. The maximum absolute atomic E-state index is 11.9. The molecule has 2 rings (SSSR count). The van der Waals surface area contributed by atoms with Crippen molar-refractivity contribution in [1.29, 1.82) is 0 Å². The van der Waals surface area contributed by atoms with E-state index in [2.05, 4.69) is 21.0 Å². The smallest absolute Gasteiger partial charge is 0.290 e. The molecule has 0 spiro atoms. The zero-order chi connectivity index (χ0) is 12.3. The van der Waals surface area contributed by atoms with Gasteiger partial charge in [-0.1, -0.05) is 45.7 Å². The van der Waals surface area contributed by atoms with Crippen molar-refractivity contribution in [3.05, 3.63) is 51.4 Å². The summed E-state index contributed by atoms with van der Waals surface area (Å²) in [5.74, 6) is 0. The van der Waals surface area contributed by atoms with Gasteiger partial charge in [0.2, 0.25) is 0 Å². The Hall–Kier alpha value is -1.00. The van der Waals surface area contributed by atoms with Gasteiger partial charge < -0.3 is 0 Å². The van der Waals surface area contributed by atoms with Gasteiger partial charge in [-0.25, -0.2) is 4.68 Å². The number of rotatable bonds is 4. The molecule has 0 bridgehead atoms. The summed E-state index contributed by atoms with van der Waals surface area (Å²) in [6.45, 7) is 0. The van der Waals surface area contributed by atoms with Gasteiger partial charge >= 0.3 is 0 Å². The number of para-hydroxylation sites is 1. The van der Waals surface area contributed by atoms with Gasteiger partial charge in [0.25, 0.3) is 5.56 Å². The number of nitrogens with zero attached hydrogens (tertiary/aromatic N) is 1. The van der Waals surface area contributed by atoms with Crippen LogP contribution in [0.2, 0.25) is 5.02 Å². The number of nitrogens with one attached hydrogen (secondary N) is 1. The summed E-state index contributed by atoms with van der Waals surface area (Å²) in [4.78, 5) is 11.9. The van der Waals surface area contributed by atoms with Crippen LogP contribution in [0.25, 0.3) is 5.69 Å². The molecule has 1 aromatic heterocycles. The first-order chi connectivity index (χ1) is 8.24. The molecule has 0 atom stereocenters. The third-order valence-corrected chi connectivity index (χ3v) is 3.43. The van der Waals surface area contributed by atoms with Crippen molar-refractivity contribution in [3.8, 4) is 5.69 Å². The standard InChI is InChI=1S/C12H12BrClN2O/c13-8-4-7-10-11(14)12(17)16(15-10)9-5-2-1-3-6-9/h1-3,5-6,15H,4,7-8H2. The van der Waals surface area contributed by atoms with Crippen LogP contribution in [0.4, 0.5) is 0 Å². The number of alkyl halides is 1. The monoisotopic (exact) mass is 314 g/mol. The van der Waals surface area contributed by atoms with Crippen LogP contribution in [0.15, 0.2) is 35.1 Å². The number of aromatic amines is 1. The van der Waals surface area contributed by atoms with Crippen molar-refractivity contribution in [2.24, 2.45) is 0 Å². The molecule has 17 heavy (non-hydrogen) atoms. The van der Waals surface area contributed by atoms with Crippen molar-refractivity contribution in [3.63, 3.8) is 0 Å². The minimum absolute atomic E-state index is 0.192. The maximum Gasteiger partial charge on any atom is 0.290 e. The zero-order valence-electron chi connectivity index (χ0n) is 9.12. The highest BCUT2D eigenvalue weighted by Crippen LogP contribution is 2.14. The van der Waals surface area contributed by atoms with Crippen LogP contribution >= 0.6 is 27.5 Å². The first-order valence-electron chi connectivity index (χ1n) is 5.35. The number of aryl methyl sites for hydroxylation is 1. The Labute approximate surface area is 113 Å². The third-order valence-electron chi connectivity index (χ3n) is 2.48. The zero-order valence-corrected chi connectivity index (χ0v) is 11.5. The molecule has 2 aromatic rings. The summed E-state index contributed by atoms with van der Waals surface area (Å²) in [5.41, 5.74) is 1.40. The fourth-order valence-corrected chi connectivity index (χ4v) is 2.13. The second-order valence-corrected chi connectivity index (χ2v) is 4.84. The Kier molecular flexibility index (Phi) is 4.07. The van der Waals surface area contributed by atoms with E-state index in [9.17, 15) is 4.79 Å². The normalized spacial score (nSPS) is 10.7. The minimum atomic E-state index is -0.192. The SMILES string of the molecule is O=c1c(Cl)c(CCCBr)[nH]n1-c1ccccc1. The summed E-state index contributed by atoms with van der Waals surface area (Å²) in [6, 6.07) is 9.40. The highest BCUT2D eigenvalue weighted by molar-refractivity contribution is 9.09. The number of halogens is 2. The van der Waals surface area contributed by atoms with E-state index >= 15 is 0 Å². The van der Waals surface area contributed by atoms with Crippen LogP contribution in [-0.4, -0.2) is 15.1 Å². The molecule has 0 aliphatic heterocycles. The molecule has 0 saturated carbocycles. The second-order valence-electron chi connectivity index (χ2n) is 3.67. The number of benzene rings is 1. The predicted molar refractivity (Wildman–Crippen MR) is 73.5 cm³/mol. The molecule has 0 aliphatic rings. The van der Waals surface area contributed by atoms with E-state index in [0.29, 0.717) is 0 Å². The van der Waals surface area contributed by atoms with Gasteiger partial charge in [-0.05, 0) is 25.0 Å². The van der Waals surface area contributed by atoms with Crippen LogP contribution in [-0.2, 0) is 6.42 Å². The average Bonchev–Trinajstić information content (AvgIpc) is 2.65. The van der Waals surface area contributed by atoms with Crippen molar-refractivity contribution >= 4 is 27.5 Å². The molecular formula is C12H12BrClN2O. The summed E-state index contributed by atoms with van der Waals surface area (Å²) in [5, 5.41) is 4.23. The number of aromatic nitrogens is 2. The van der Waals surface area contributed by atoms with E-state index in [1.54, 1.807) is 0 Å². The summed E-state index contributed by atoms with van der Waals surface area (Å²) in [6.07, 6.45) is 1.70. The third kappa shape index (κ3) is 2.64. The lowest BCUT2D eigenvalue weighted by atomic mass is 10.2. The first-order valence-corrected chi connectivity index (χ1v) is 6.84. The van der Waals surface area contributed by atoms with Crippen LogP contribution < -0.4 is 5.56 Å². The quantitative estimate of drug-likeness (QED) is 0.865. The molecule has 1 heterocycles. The molecule has 5 heteroatoms. The molecule has 0 radical (unpaired) electrons. The number of H-pyrrole nitrogens is 1. The second kappa shape index (κ2) is 5.56. The van der Waals surface area contributed by atoms with E-state index in [0.717, 1.165) is 29.6 Å². The molecule has 90 valence electrons. The highest BCUT2D eigenvalue weighted by Gasteiger charge is 2.12. The van der Waals surface area contributed by atoms with Gasteiger partial charge in [-0.2, -0.15) is 0 Å². The number of hydrogen-bond donors (Lipinski definition) is 1. The van der Waals surface area contributed by atoms with Crippen LogP contribution in [0.3, 0.4) is 0 Å². The molecule has 0 saturated heterocycles. The van der Waals surface area contributed by atoms with E-state index in [1.807, 2.05) is 30.3 Å².